The average molecular weight is 398 g/mol. The van der Waals surface area contributed by atoms with E-state index in [1.165, 1.54) is 11.3 Å². The molecule has 1 fully saturated rings. The summed E-state index contributed by atoms with van der Waals surface area (Å²) in [5.41, 5.74) is 2.28. The summed E-state index contributed by atoms with van der Waals surface area (Å²) in [4.78, 5) is 19.3. The van der Waals surface area contributed by atoms with E-state index in [2.05, 4.69) is 11.9 Å². The monoisotopic (exact) mass is 397 g/mol. The lowest BCUT2D eigenvalue weighted by molar-refractivity contribution is 0.00562. The van der Waals surface area contributed by atoms with Gasteiger partial charge in [-0.15, -0.1) is 0 Å². The smallest absolute Gasteiger partial charge is 0.342 e. The van der Waals surface area contributed by atoms with Crippen LogP contribution in [0.4, 0.5) is 5.13 Å². The molecule has 0 aliphatic carbocycles. The van der Waals surface area contributed by atoms with Crippen molar-refractivity contribution in [1.29, 1.82) is 0 Å². The summed E-state index contributed by atoms with van der Waals surface area (Å²) >= 11 is 1.36. The van der Waals surface area contributed by atoms with Gasteiger partial charge in [-0.25, -0.2) is 9.69 Å². The molecular weight excluding hydrogens is 374 g/mol. The SMILES string of the molecule is CCCc1ccccc1C(=O)OC1CN(C)C[N+]1([O-])c1nc2ccccc2s1. The Bertz CT molecular complexity index is 972. The molecule has 1 aliphatic rings. The molecule has 0 spiro atoms. The van der Waals surface area contributed by atoms with E-state index in [0.717, 1.165) is 28.6 Å². The van der Waals surface area contributed by atoms with Gasteiger partial charge < -0.3 is 9.94 Å². The first-order valence-corrected chi connectivity index (χ1v) is 10.2. The van der Waals surface area contributed by atoms with Crippen molar-refractivity contribution in [3.8, 4) is 0 Å². The van der Waals surface area contributed by atoms with Crippen LogP contribution in [-0.2, 0) is 11.2 Å². The number of carbonyl (C=O) groups is 1. The summed E-state index contributed by atoms with van der Waals surface area (Å²) in [7, 11) is 1.86. The second-order valence-electron chi connectivity index (χ2n) is 7.21. The van der Waals surface area contributed by atoms with Crippen LogP contribution in [0.2, 0.25) is 0 Å². The van der Waals surface area contributed by atoms with Gasteiger partial charge in [-0.2, -0.15) is 4.98 Å². The lowest BCUT2D eigenvalue weighted by atomic mass is 10.0. The molecule has 2 heterocycles. The first-order valence-electron chi connectivity index (χ1n) is 9.43. The van der Waals surface area contributed by atoms with Crippen molar-refractivity contribution in [2.75, 3.05) is 20.3 Å². The number of hydrogen-bond donors (Lipinski definition) is 0. The van der Waals surface area contributed by atoms with E-state index < -0.39 is 16.8 Å². The molecule has 2 atom stereocenters. The highest BCUT2D eigenvalue weighted by atomic mass is 32.1. The Morgan fingerprint density at radius 3 is 2.82 bits per heavy atom. The molecule has 0 saturated carbocycles. The number of ether oxygens (including phenoxy) is 1. The van der Waals surface area contributed by atoms with Crippen LogP contribution >= 0.6 is 11.3 Å². The van der Waals surface area contributed by atoms with Crippen molar-refractivity contribution >= 4 is 32.7 Å². The lowest BCUT2D eigenvalue weighted by Crippen LogP contribution is -2.50. The van der Waals surface area contributed by atoms with Gasteiger partial charge in [0.25, 0.3) is 11.4 Å². The van der Waals surface area contributed by atoms with Crippen molar-refractivity contribution < 1.29 is 9.53 Å². The van der Waals surface area contributed by atoms with Crippen LogP contribution in [0.25, 0.3) is 10.2 Å². The fraction of sp³-hybridized carbons (Fsp3) is 0.333. The molecule has 2 unspecified atom stereocenters. The van der Waals surface area contributed by atoms with E-state index in [-0.39, 0.29) is 6.67 Å². The Labute approximate surface area is 168 Å². The number of para-hydroxylation sites is 1. The fourth-order valence-electron chi connectivity index (χ4n) is 3.63. The van der Waals surface area contributed by atoms with Crippen LogP contribution in [0.5, 0.6) is 0 Å². The summed E-state index contributed by atoms with van der Waals surface area (Å²) in [6, 6.07) is 15.1. The highest BCUT2D eigenvalue weighted by Crippen LogP contribution is 2.37. The molecule has 28 heavy (non-hydrogen) atoms. The number of nitrogens with zero attached hydrogens (tertiary/aromatic N) is 3. The molecule has 0 N–H and O–H groups in total. The first-order chi connectivity index (χ1) is 13.5. The van der Waals surface area contributed by atoms with Gasteiger partial charge in [-0.1, -0.05) is 55.0 Å². The van der Waals surface area contributed by atoms with Gasteiger partial charge in [0.15, 0.2) is 0 Å². The number of aryl methyl sites for hydroxylation is 1. The minimum Gasteiger partial charge on any atom is -0.622 e. The second-order valence-corrected chi connectivity index (χ2v) is 8.22. The highest BCUT2D eigenvalue weighted by Gasteiger charge is 2.45. The predicted molar refractivity (Wildman–Crippen MR) is 112 cm³/mol. The zero-order valence-electron chi connectivity index (χ0n) is 16.0. The topological polar surface area (TPSA) is 65.5 Å². The zero-order valence-corrected chi connectivity index (χ0v) is 16.8. The maximum absolute atomic E-state index is 13.8. The second kappa shape index (κ2) is 7.60. The van der Waals surface area contributed by atoms with Gasteiger partial charge in [-0.05, 0) is 37.2 Å². The van der Waals surface area contributed by atoms with Crippen molar-refractivity contribution in [3.63, 3.8) is 0 Å². The number of quaternary nitrogens is 1. The minimum absolute atomic E-state index is 0.203. The van der Waals surface area contributed by atoms with E-state index in [4.69, 9.17) is 4.74 Å². The number of carbonyl (C=O) groups excluding carboxylic acids is 1. The summed E-state index contributed by atoms with van der Waals surface area (Å²) in [5, 5.41) is 14.2. The first kappa shape index (κ1) is 19.0. The summed E-state index contributed by atoms with van der Waals surface area (Å²) in [6.45, 7) is 2.65. The van der Waals surface area contributed by atoms with E-state index in [9.17, 15) is 10.0 Å². The lowest BCUT2D eigenvalue weighted by Gasteiger charge is -2.38. The molecule has 7 heteroatoms. The number of hydroxylamine groups is 2. The zero-order chi connectivity index (χ0) is 19.7. The Balaban J connectivity index is 1.63. The highest BCUT2D eigenvalue weighted by molar-refractivity contribution is 7.22. The minimum atomic E-state index is -0.840. The van der Waals surface area contributed by atoms with Crippen molar-refractivity contribution in [2.24, 2.45) is 0 Å². The largest absolute Gasteiger partial charge is 0.622 e. The molecule has 1 aromatic heterocycles. The third-order valence-electron chi connectivity index (χ3n) is 4.99. The van der Waals surface area contributed by atoms with E-state index in [0.29, 0.717) is 17.2 Å². The molecule has 0 amide bonds. The number of fused-ring (bicyclic) bond motifs is 1. The van der Waals surface area contributed by atoms with Crippen molar-refractivity contribution in [2.45, 2.75) is 26.0 Å². The number of benzene rings is 2. The molecule has 146 valence electrons. The van der Waals surface area contributed by atoms with Gasteiger partial charge in [-0.3, -0.25) is 4.65 Å². The maximum atomic E-state index is 13.8. The predicted octanol–water partition coefficient (Wildman–Crippen LogP) is 4.14. The van der Waals surface area contributed by atoms with Crippen LogP contribution < -0.4 is 4.65 Å². The van der Waals surface area contributed by atoms with Crippen LogP contribution in [0, 0.1) is 5.21 Å². The Hall–Kier alpha value is -2.32. The molecule has 2 aromatic carbocycles. The third kappa shape index (κ3) is 3.42. The Kier molecular flexibility index (Phi) is 5.16. The Morgan fingerprint density at radius 2 is 2.04 bits per heavy atom. The maximum Gasteiger partial charge on any atom is 0.342 e. The number of likely N-dealkylation sites (N-methyl/N-ethyl adjacent to an activating group) is 1. The molecule has 4 rings (SSSR count). The molecule has 0 radical (unpaired) electrons. The molecular formula is C21H23N3O3S. The van der Waals surface area contributed by atoms with Crippen LogP contribution in [0.1, 0.15) is 29.3 Å². The third-order valence-corrected chi connectivity index (χ3v) is 6.14. The van der Waals surface area contributed by atoms with Gasteiger partial charge in [0.2, 0.25) is 0 Å². The standard InChI is InChI=1S/C21H23N3O3S/c1-3-8-15-9-4-5-10-16(15)20(25)27-19-13-23(2)14-24(19,26)21-22-17-11-6-7-12-18(17)28-21/h4-7,9-12,19H,3,8,13-14H2,1-2H3. The van der Waals surface area contributed by atoms with Gasteiger partial charge in [0, 0.05) is 0 Å². The summed E-state index contributed by atoms with van der Waals surface area (Å²) < 4.78 is 5.96. The molecule has 3 aromatic rings. The molecule has 0 bridgehead atoms. The summed E-state index contributed by atoms with van der Waals surface area (Å²) in [6.07, 6.45) is 0.891. The van der Waals surface area contributed by atoms with Crippen LogP contribution in [-0.4, -0.2) is 42.3 Å². The molecule has 1 saturated heterocycles. The molecule has 6 nitrogen and oxygen atoms in total. The van der Waals surface area contributed by atoms with E-state index in [1.54, 1.807) is 6.07 Å². The number of thiazole rings is 1. The van der Waals surface area contributed by atoms with E-state index in [1.807, 2.05) is 54.4 Å². The Morgan fingerprint density at radius 1 is 1.29 bits per heavy atom. The number of rotatable bonds is 5. The van der Waals surface area contributed by atoms with Crippen LogP contribution in [0.15, 0.2) is 48.5 Å². The van der Waals surface area contributed by atoms with Gasteiger partial charge in [0.1, 0.15) is 6.67 Å². The number of esters is 1. The van der Waals surface area contributed by atoms with Gasteiger partial charge in [0.05, 0.1) is 22.3 Å². The number of hydrogen-bond acceptors (Lipinski definition) is 6. The molecule has 1 aliphatic heterocycles. The van der Waals surface area contributed by atoms with Crippen molar-refractivity contribution in [3.05, 3.63) is 64.9 Å². The quantitative estimate of drug-likeness (QED) is 0.368. The van der Waals surface area contributed by atoms with E-state index >= 15 is 0 Å². The van der Waals surface area contributed by atoms with Crippen molar-refractivity contribution in [1.82, 2.24) is 14.5 Å². The normalized spacial score (nSPS) is 22.6. The average Bonchev–Trinajstić information content (AvgIpc) is 3.24. The fourth-order valence-corrected chi connectivity index (χ4v) is 4.66. The summed E-state index contributed by atoms with van der Waals surface area (Å²) in [5.74, 6) is -0.441. The van der Waals surface area contributed by atoms with Gasteiger partial charge >= 0.3 is 5.97 Å². The van der Waals surface area contributed by atoms with Crippen LogP contribution in [0.3, 0.4) is 0 Å². The number of aromatic nitrogens is 1.